The Morgan fingerprint density at radius 1 is 1.50 bits per heavy atom. The van der Waals surface area contributed by atoms with Crippen molar-refractivity contribution in [1.82, 2.24) is 9.97 Å². The second-order valence-corrected chi connectivity index (χ2v) is 5.67. The van der Waals surface area contributed by atoms with E-state index in [1.807, 2.05) is 11.0 Å². The number of nitriles is 1. The summed E-state index contributed by atoms with van der Waals surface area (Å²) in [7, 11) is 0. The molecule has 124 valence electrons. The molecule has 1 aliphatic rings. The average molecular weight is 327 g/mol. The number of nitrogens with one attached hydrogen (secondary N) is 2. The first-order valence-electron chi connectivity index (χ1n) is 7.69. The Morgan fingerprint density at radius 2 is 2.25 bits per heavy atom. The number of hydrogen-bond donors (Lipinski definition) is 2. The number of amides is 1. The van der Waals surface area contributed by atoms with Gasteiger partial charge in [0.1, 0.15) is 11.8 Å². The van der Waals surface area contributed by atoms with Crippen molar-refractivity contribution in [2.24, 2.45) is 5.92 Å². The largest absolute Gasteiger partial charge is 0.424 e. The number of pyridine rings is 1. The zero-order valence-electron chi connectivity index (χ0n) is 13.2. The van der Waals surface area contributed by atoms with E-state index >= 15 is 0 Å². The molecule has 0 saturated carbocycles. The molecule has 0 radical (unpaired) electrons. The fourth-order valence-corrected chi connectivity index (χ4v) is 2.80. The predicted molar refractivity (Wildman–Crippen MR) is 86.6 cm³/mol. The number of aryl methyl sites for hydroxylation is 1. The van der Waals surface area contributed by atoms with E-state index in [1.165, 1.54) is 18.5 Å². The van der Waals surface area contributed by atoms with Gasteiger partial charge in [-0.25, -0.2) is 4.98 Å². The molecule has 0 aliphatic carbocycles. The van der Waals surface area contributed by atoms with Crippen molar-refractivity contribution >= 4 is 17.5 Å². The lowest BCUT2D eigenvalue weighted by Crippen LogP contribution is -2.38. The van der Waals surface area contributed by atoms with Crippen LogP contribution in [0.15, 0.2) is 27.7 Å². The quantitative estimate of drug-likeness (QED) is 0.880. The Balaban J connectivity index is 1.63. The summed E-state index contributed by atoms with van der Waals surface area (Å²) in [6, 6.07) is 3.39. The summed E-state index contributed by atoms with van der Waals surface area (Å²) in [5, 5.41) is 11.8. The fourth-order valence-electron chi connectivity index (χ4n) is 2.80. The van der Waals surface area contributed by atoms with E-state index < -0.39 is 0 Å². The molecular weight excluding hydrogens is 310 g/mol. The summed E-state index contributed by atoms with van der Waals surface area (Å²) < 4.78 is 5.50. The second kappa shape index (κ2) is 6.58. The number of carbonyl (C=O) groups excluding carboxylic acids is 1. The van der Waals surface area contributed by atoms with Crippen LogP contribution in [0.3, 0.4) is 0 Å². The van der Waals surface area contributed by atoms with Crippen LogP contribution in [-0.2, 0) is 4.79 Å². The SMILES string of the molecule is Cc1nc(C#N)c(N2CCC(C(=O)Nc3c[nH]ccc3=O)CC2)o1. The molecule has 0 unspecified atom stereocenters. The monoisotopic (exact) mass is 327 g/mol. The molecule has 2 aromatic rings. The molecule has 0 atom stereocenters. The van der Waals surface area contributed by atoms with Crippen molar-refractivity contribution in [3.8, 4) is 6.07 Å². The summed E-state index contributed by atoms with van der Waals surface area (Å²) in [6.07, 6.45) is 4.22. The first kappa shape index (κ1) is 15.8. The summed E-state index contributed by atoms with van der Waals surface area (Å²) >= 11 is 0. The molecule has 8 heteroatoms. The standard InChI is InChI=1S/C16H17N5O3/c1-10-19-12(8-17)16(24-10)21-6-3-11(4-7-21)15(23)20-13-9-18-5-2-14(13)22/h2,5,9,11H,3-4,6-7H2,1H3,(H,18,22)(H,20,23). The normalized spacial score (nSPS) is 15.1. The fraction of sp³-hybridized carbons (Fsp3) is 0.375. The van der Waals surface area contributed by atoms with Gasteiger partial charge in [-0.05, 0) is 12.8 Å². The number of oxazole rings is 1. The van der Waals surface area contributed by atoms with Crippen LogP contribution in [0.1, 0.15) is 24.4 Å². The van der Waals surface area contributed by atoms with Crippen LogP contribution in [0.4, 0.5) is 11.6 Å². The number of H-pyrrole nitrogens is 1. The van der Waals surface area contributed by atoms with E-state index in [1.54, 1.807) is 6.92 Å². The van der Waals surface area contributed by atoms with Crippen molar-refractivity contribution in [3.05, 3.63) is 40.3 Å². The smallest absolute Gasteiger partial charge is 0.234 e. The number of rotatable bonds is 3. The van der Waals surface area contributed by atoms with Gasteiger partial charge in [-0.1, -0.05) is 0 Å². The van der Waals surface area contributed by atoms with Gasteiger partial charge in [0.15, 0.2) is 5.89 Å². The number of piperidine rings is 1. The van der Waals surface area contributed by atoms with Gasteiger partial charge in [-0.3, -0.25) is 9.59 Å². The number of aromatic amines is 1. The maximum atomic E-state index is 12.3. The van der Waals surface area contributed by atoms with Gasteiger partial charge in [-0.15, -0.1) is 0 Å². The lowest BCUT2D eigenvalue weighted by atomic mass is 9.96. The minimum Gasteiger partial charge on any atom is -0.424 e. The van der Waals surface area contributed by atoms with Crippen LogP contribution in [0.25, 0.3) is 0 Å². The van der Waals surface area contributed by atoms with E-state index in [2.05, 4.69) is 15.3 Å². The number of nitrogens with zero attached hydrogens (tertiary/aromatic N) is 3. The predicted octanol–water partition coefficient (Wildman–Crippen LogP) is 1.40. The zero-order valence-corrected chi connectivity index (χ0v) is 13.2. The highest BCUT2D eigenvalue weighted by Crippen LogP contribution is 2.27. The van der Waals surface area contributed by atoms with E-state index in [9.17, 15) is 9.59 Å². The van der Waals surface area contributed by atoms with Crippen molar-refractivity contribution in [1.29, 1.82) is 5.26 Å². The molecule has 1 aliphatic heterocycles. The van der Waals surface area contributed by atoms with Gasteiger partial charge in [0.05, 0.1) is 0 Å². The Labute approximate surface area is 138 Å². The number of hydrogen-bond acceptors (Lipinski definition) is 6. The topological polar surface area (TPSA) is 115 Å². The third-order valence-corrected chi connectivity index (χ3v) is 4.06. The van der Waals surface area contributed by atoms with Crippen LogP contribution >= 0.6 is 0 Å². The average Bonchev–Trinajstić information content (AvgIpc) is 2.98. The van der Waals surface area contributed by atoms with Gasteiger partial charge in [0, 0.05) is 44.4 Å². The third-order valence-electron chi connectivity index (χ3n) is 4.06. The van der Waals surface area contributed by atoms with Crippen molar-refractivity contribution in [2.45, 2.75) is 19.8 Å². The van der Waals surface area contributed by atoms with E-state index in [0.29, 0.717) is 37.7 Å². The lowest BCUT2D eigenvalue weighted by molar-refractivity contribution is -0.120. The van der Waals surface area contributed by atoms with Gasteiger partial charge < -0.3 is 19.6 Å². The van der Waals surface area contributed by atoms with E-state index in [-0.39, 0.29) is 28.6 Å². The van der Waals surface area contributed by atoms with Gasteiger partial charge in [-0.2, -0.15) is 5.26 Å². The minimum absolute atomic E-state index is 0.166. The molecule has 3 rings (SSSR count). The number of aromatic nitrogens is 2. The van der Waals surface area contributed by atoms with Crippen molar-refractivity contribution in [3.63, 3.8) is 0 Å². The van der Waals surface area contributed by atoms with Crippen molar-refractivity contribution in [2.75, 3.05) is 23.3 Å². The second-order valence-electron chi connectivity index (χ2n) is 5.67. The molecule has 24 heavy (non-hydrogen) atoms. The summed E-state index contributed by atoms with van der Waals surface area (Å²) in [6.45, 7) is 2.88. The minimum atomic E-state index is -0.227. The Morgan fingerprint density at radius 3 is 2.92 bits per heavy atom. The Hall–Kier alpha value is -3.08. The van der Waals surface area contributed by atoms with Crippen LogP contribution in [-0.4, -0.2) is 29.0 Å². The van der Waals surface area contributed by atoms with Crippen LogP contribution < -0.4 is 15.6 Å². The molecule has 1 fully saturated rings. The van der Waals surface area contributed by atoms with E-state index in [0.717, 1.165) is 0 Å². The number of anilines is 2. The molecule has 1 saturated heterocycles. The number of carbonyl (C=O) groups is 1. The summed E-state index contributed by atoms with van der Waals surface area (Å²) in [5.41, 5.74) is 0.295. The molecule has 2 N–H and O–H groups in total. The maximum Gasteiger partial charge on any atom is 0.234 e. The first-order chi connectivity index (χ1) is 11.6. The third kappa shape index (κ3) is 3.15. The van der Waals surface area contributed by atoms with Crippen LogP contribution in [0, 0.1) is 24.2 Å². The Bertz CT molecular complexity index is 840. The molecular formula is C16H17N5O3. The van der Waals surface area contributed by atoms with Crippen LogP contribution in [0.5, 0.6) is 0 Å². The van der Waals surface area contributed by atoms with Gasteiger partial charge in [0.2, 0.25) is 22.9 Å². The van der Waals surface area contributed by atoms with Crippen LogP contribution in [0.2, 0.25) is 0 Å². The summed E-state index contributed by atoms with van der Waals surface area (Å²) in [4.78, 5) is 32.7. The summed E-state index contributed by atoms with van der Waals surface area (Å²) in [5.74, 6) is 0.564. The molecule has 3 heterocycles. The molecule has 0 spiro atoms. The first-order valence-corrected chi connectivity index (χ1v) is 7.69. The Kier molecular flexibility index (Phi) is 4.33. The molecule has 0 bridgehead atoms. The highest BCUT2D eigenvalue weighted by Gasteiger charge is 2.28. The highest BCUT2D eigenvalue weighted by molar-refractivity contribution is 5.92. The molecule has 1 amide bonds. The zero-order chi connectivity index (χ0) is 17.1. The van der Waals surface area contributed by atoms with Gasteiger partial charge in [0.25, 0.3) is 0 Å². The lowest BCUT2D eigenvalue weighted by Gasteiger charge is -2.30. The highest BCUT2D eigenvalue weighted by atomic mass is 16.4. The maximum absolute atomic E-state index is 12.3. The van der Waals surface area contributed by atoms with Gasteiger partial charge >= 0.3 is 0 Å². The molecule has 0 aromatic carbocycles. The molecule has 8 nitrogen and oxygen atoms in total. The molecule has 2 aromatic heterocycles. The van der Waals surface area contributed by atoms with E-state index in [4.69, 9.17) is 9.68 Å². The van der Waals surface area contributed by atoms with Crippen molar-refractivity contribution < 1.29 is 9.21 Å².